The molecular weight excluding hydrogens is 358 g/mol. The van der Waals surface area contributed by atoms with Crippen LogP contribution in [0.1, 0.15) is 16.1 Å². The molecule has 2 aromatic carbocycles. The summed E-state index contributed by atoms with van der Waals surface area (Å²) in [5.41, 5.74) is 1.83. The van der Waals surface area contributed by atoms with E-state index in [-0.39, 0.29) is 5.69 Å². The van der Waals surface area contributed by atoms with Gasteiger partial charge in [-0.1, -0.05) is 6.07 Å². The molecule has 8 nitrogen and oxygen atoms in total. The predicted octanol–water partition coefficient (Wildman–Crippen LogP) is 3.36. The van der Waals surface area contributed by atoms with Crippen LogP contribution in [0.2, 0.25) is 0 Å². The lowest BCUT2D eigenvalue weighted by atomic mass is 10.2. The summed E-state index contributed by atoms with van der Waals surface area (Å²) >= 11 is 0. The molecule has 3 rings (SSSR count). The van der Waals surface area contributed by atoms with Gasteiger partial charge in [-0.2, -0.15) is 5.26 Å². The van der Waals surface area contributed by atoms with Gasteiger partial charge in [0.1, 0.15) is 11.5 Å². The Morgan fingerprint density at radius 2 is 1.89 bits per heavy atom. The van der Waals surface area contributed by atoms with Crippen LogP contribution in [0.15, 0.2) is 54.6 Å². The average Bonchev–Trinajstić information content (AvgIpc) is 2.74. The molecule has 0 saturated carbocycles. The number of rotatable bonds is 6. The van der Waals surface area contributed by atoms with Crippen LogP contribution < -0.4 is 20.1 Å². The summed E-state index contributed by atoms with van der Waals surface area (Å²) in [6, 6.07) is 17.3. The molecular formula is C20H17N5O3. The summed E-state index contributed by atoms with van der Waals surface area (Å²) in [6.07, 6.45) is 0. The van der Waals surface area contributed by atoms with Gasteiger partial charge in [0.15, 0.2) is 11.5 Å². The van der Waals surface area contributed by atoms with Crippen LogP contribution in [-0.2, 0) is 0 Å². The largest absolute Gasteiger partial charge is 0.497 e. The molecule has 0 aliphatic rings. The van der Waals surface area contributed by atoms with Crippen molar-refractivity contribution in [2.24, 2.45) is 0 Å². The molecule has 0 saturated heterocycles. The Bertz CT molecular complexity index is 1030. The number of aromatic nitrogens is 2. The monoisotopic (exact) mass is 375 g/mol. The number of hydrogen-bond donors (Lipinski definition) is 2. The Labute approximate surface area is 161 Å². The van der Waals surface area contributed by atoms with Crippen LogP contribution in [0.4, 0.5) is 17.2 Å². The summed E-state index contributed by atoms with van der Waals surface area (Å²) in [5, 5.41) is 22.7. The first-order valence-corrected chi connectivity index (χ1v) is 8.27. The Morgan fingerprint density at radius 3 is 2.57 bits per heavy atom. The van der Waals surface area contributed by atoms with Crippen LogP contribution in [-0.4, -0.2) is 30.3 Å². The van der Waals surface area contributed by atoms with Crippen molar-refractivity contribution in [1.29, 1.82) is 5.26 Å². The van der Waals surface area contributed by atoms with Gasteiger partial charge in [0.05, 0.1) is 31.5 Å². The van der Waals surface area contributed by atoms with Gasteiger partial charge in [-0.05, 0) is 42.5 Å². The summed E-state index contributed by atoms with van der Waals surface area (Å²) in [4.78, 5) is 12.5. The molecule has 140 valence electrons. The summed E-state index contributed by atoms with van der Waals surface area (Å²) in [5.74, 6) is 1.10. The number of nitrogens with zero attached hydrogens (tertiary/aromatic N) is 3. The standard InChI is InChI=1S/C20H17N5O3/c1-27-15-6-8-18(28-2)17(11-15)23-20(26)16-7-9-19(25-24-16)22-14-5-3-4-13(10-14)12-21/h3-11H,1-2H3,(H,22,25)(H,23,26). The number of carbonyl (C=O) groups excluding carboxylic acids is 1. The van der Waals surface area contributed by atoms with Crippen molar-refractivity contribution < 1.29 is 14.3 Å². The lowest BCUT2D eigenvalue weighted by Gasteiger charge is -2.11. The van der Waals surface area contributed by atoms with Crippen molar-refractivity contribution in [1.82, 2.24) is 10.2 Å². The van der Waals surface area contributed by atoms with E-state index in [1.54, 1.807) is 54.6 Å². The Kier molecular flexibility index (Phi) is 5.67. The highest BCUT2D eigenvalue weighted by molar-refractivity contribution is 6.03. The molecule has 1 amide bonds. The number of hydrogen-bond acceptors (Lipinski definition) is 7. The molecule has 1 heterocycles. The zero-order valence-corrected chi connectivity index (χ0v) is 15.3. The SMILES string of the molecule is COc1ccc(OC)c(NC(=O)c2ccc(Nc3cccc(C#N)c3)nn2)c1. The van der Waals surface area contributed by atoms with Crippen LogP contribution in [0.5, 0.6) is 11.5 Å². The molecule has 0 bridgehead atoms. The van der Waals surface area contributed by atoms with E-state index >= 15 is 0 Å². The second kappa shape index (κ2) is 8.51. The highest BCUT2D eigenvalue weighted by atomic mass is 16.5. The fourth-order valence-electron chi connectivity index (χ4n) is 2.43. The van der Waals surface area contributed by atoms with Crippen molar-refractivity contribution in [2.75, 3.05) is 24.9 Å². The van der Waals surface area contributed by atoms with Crippen molar-refractivity contribution in [2.45, 2.75) is 0 Å². The predicted molar refractivity (Wildman–Crippen MR) is 104 cm³/mol. The number of methoxy groups -OCH3 is 2. The van der Waals surface area contributed by atoms with Gasteiger partial charge in [0.2, 0.25) is 0 Å². The maximum atomic E-state index is 12.5. The second-order valence-corrected chi connectivity index (χ2v) is 5.64. The molecule has 0 fully saturated rings. The first kappa shape index (κ1) is 18.7. The molecule has 8 heteroatoms. The maximum Gasteiger partial charge on any atom is 0.276 e. The van der Waals surface area contributed by atoms with E-state index in [1.807, 2.05) is 0 Å². The van der Waals surface area contributed by atoms with E-state index < -0.39 is 5.91 Å². The van der Waals surface area contributed by atoms with Gasteiger partial charge in [0.25, 0.3) is 5.91 Å². The average molecular weight is 375 g/mol. The van der Waals surface area contributed by atoms with Crippen molar-refractivity contribution in [3.8, 4) is 17.6 Å². The Hall–Kier alpha value is -4.12. The van der Waals surface area contributed by atoms with Crippen LogP contribution in [0.3, 0.4) is 0 Å². The number of carbonyl (C=O) groups is 1. The quantitative estimate of drug-likeness (QED) is 0.680. The third-order valence-corrected chi connectivity index (χ3v) is 3.82. The number of amides is 1. The molecule has 2 N–H and O–H groups in total. The molecule has 0 unspecified atom stereocenters. The maximum absolute atomic E-state index is 12.5. The van der Waals surface area contributed by atoms with Crippen molar-refractivity contribution in [3.63, 3.8) is 0 Å². The van der Waals surface area contributed by atoms with E-state index in [4.69, 9.17) is 14.7 Å². The van der Waals surface area contributed by atoms with E-state index in [1.165, 1.54) is 14.2 Å². The number of benzene rings is 2. The zero-order chi connectivity index (χ0) is 19.9. The molecule has 0 radical (unpaired) electrons. The fourth-order valence-corrected chi connectivity index (χ4v) is 2.43. The van der Waals surface area contributed by atoms with Crippen LogP contribution >= 0.6 is 0 Å². The first-order valence-electron chi connectivity index (χ1n) is 8.27. The third kappa shape index (κ3) is 4.34. The molecule has 28 heavy (non-hydrogen) atoms. The number of anilines is 3. The lowest BCUT2D eigenvalue weighted by molar-refractivity contribution is 0.102. The van der Waals surface area contributed by atoms with Gasteiger partial charge < -0.3 is 20.1 Å². The second-order valence-electron chi connectivity index (χ2n) is 5.64. The van der Waals surface area contributed by atoms with Gasteiger partial charge in [-0.3, -0.25) is 4.79 Å². The molecule has 0 spiro atoms. The van der Waals surface area contributed by atoms with Gasteiger partial charge in [-0.25, -0.2) is 0 Å². The summed E-state index contributed by atoms with van der Waals surface area (Å²) in [7, 11) is 3.05. The third-order valence-electron chi connectivity index (χ3n) is 3.82. The summed E-state index contributed by atoms with van der Waals surface area (Å²) in [6.45, 7) is 0. The zero-order valence-electron chi connectivity index (χ0n) is 15.3. The lowest BCUT2D eigenvalue weighted by Crippen LogP contribution is -2.15. The highest BCUT2D eigenvalue weighted by Gasteiger charge is 2.13. The fraction of sp³-hybridized carbons (Fsp3) is 0.100. The van der Waals surface area contributed by atoms with E-state index in [2.05, 4.69) is 26.9 Å². The topological polar surface area (TPSA) is 109 Å². The van der Waals surface area contributed by atoms with Gasteiger partial charge >= 0.3 is 0 Å². The minimum Gasteiger partial charge on any atom is -0.497 e. The first-order chi connectivity index (χ1) is 13.6. The van der Waals surface area contributed by atoms with Gasteiger partial charge in [-0.15, -0.1) is 10.2 Å². The number of ether oxygens (including phenoxy) is 2. The number of nitriles is 1. The van der Waals surface area contributed by atoms with Crippen molar-refractivity contribution in [3.05, 3.63) is 65.9 Å². The van der Waals surface area contributed by atoms with Crippen molar-refractivity contribution >= 4 is 23.1 Å². The minimum atomic E-state index is -0.433. The molecule has 0 atom stereocenters. The molecule has 0 aliphatic heterocycles. The normalized spacial score (nSPS) is 9.89. The summed E-state index contributed by atoms with van der Waals surface area (Å²) < 4.78 is 10.4. The molecule has 0 aliphatic carbocycles. The number of nitrogens with one attached hydrogen (secondary N) is 2. The van der Waals surface area contributed by atoms with Gasteiger partial charge in [0, 0.05) is 11.8 Å². The van der Waals surface area contributed by atoms with Crippen LogP contribution in [0, 0.1) is 11.3 Å². The van der Waals surface area contributed by atoms with E-state index in [0.717, 1.165) is 0 Å². The smallest absolute Gasteiger partial charge is 0.276 e. The molecule has 3 aromatic rings. The molecule has 1 aromatic heterocycles. The van der Waals surface area contributed by atoms with E-state index in [9.17, 15) is 4.79 Å². The van der Waals surface area contributed by atoms with E-state index in [0.29, 0.717) is 34.3 Å². The van der Waals surface area contributed by atoms with Crippen LogP contribution in [0.25, 0.3) is 0 Å². The highest BCUT2D eigenvalue weighted by Crippen LogP contribution is 2.29. The minimum absolute atomic E-state index is 0.140. The Morgan fingerprint density at radius 1 is 1.04 bits per heavy atom. The Balaban J connectivity index is 1.73.